The summed E-state index contributed by atoms with van der Waals surface area (Å²) in [5, 5.41) is 1.16. The predicted molar refractivity (Wildman–Crippen MR) is 86.5 cm³/mol. The zero-order valence-electron chi connectivity index (χ0n) is 12.9. The molecule has 3 heteroatoms. The van der Waals surface area contributed by atoms with Crippen molar-refractivity contribution in [3.8, 4) is 0 Å². The van der Waals surface area contributed by atoms with Gasteiger partial charge in [0.1, 0.15) is 5.69 Å². The second kappa shape index (κ2) is 5.40. The molecule has 1 aromatic carbocycles. The van der Waals surface area contributed by atoms with Crippen molar-refractivity contribution in [1.29, 1.82) is 0 Å². The molecule has 0 saturated carbocycles. The fourth-order valence-electron chi connectivity index (χ4n) is 3.23. The molecule has 2 heterocycles. The Bertz CT molecular complexity index is 696. The quantitative estimate of drug-likeness (QED) is 0.855. The van der Waals surface area contributed by atoms with Gasteiger partial charge in [0, 0.05) is 17.4 Å². The van der Waals surface area contributed by atoms with Gasteiger partial charge in [-0.05, 0) is 24.0 Å². The minimum atomic E-state index is 0.117. The minimum absolute atomic E-state index is 0.117. The molecule has 2 aromatic rings. The van der Waals surface area contributed by atoms with Crippen LogP contribution in [0.2, 0.25) is 0 Å². The molecule has 0 unspecified atom stereocenters. The van der Waals surface area contributed by atoms with E-state index < -0.39 is 0 Å². The first-order valence-electron chi connectivity index (χ1n) is 7.70. The largest absolute Gasteiger partial charge is 0.350 e. The normalized spacial score (nSPS) is 18.1. The molecule has 0 radical (unpaired) electrons. The maximum absolute atomic E-state index is 13.0. The SMILES string of the molecule is CCc1c(C(=O)N2CC=C[C@@H]2C(C)C)[nH]c2ccccc12. The van der Waals surface area contributed by atoms with Crippen molar-refractivity contribution < 1.29 is 4.79 Å². The number of carbonyl (C=O) groups excluding carboxylic acids is 1. The number of amides is 1. The van der Waals surface area contributed by atoms with Gasteiger partial charge in [-0.25, -0.2) is 0 Å². The molecule has 1 amide bonds. The average molecular weight is 282 g/mol. The Kier molecular flexibility index (Phi) is 3.58. The van der Waals surface area contributed by atoms with Crippen LogP contribution in [0.15, 0.2) is 36.4 Å². The molecule has 21 heavy (non-hydrogen) atoms. The summed E-state index contributed by atoms with van der Waals surface area (Å²) in [6, 6.07) is 8.35. The third-order valence-corrected chi connectivity index (χ3v) is 4.32. The van der Waals surface area contributed by atoms with Crippen LogP contribution < -0.4 is 0 Å². The number of fused-ring (bicyclic) bond motifs is 1. The Labute approximate surface area is 125 Å². The van der Waals surface area contributed by atoms with E-state index in [1.807, 2.05) is 23.1 Å². The van der Waals surface area contributed by atoms with Crippen molar-refractivity contribution >= 4 is 16.8 Å². The predicted octanol–water partition coefficient (Wildman–Crippen LogP) is 3.77. The van der Waals surface area contributed by atoms with Crippen molar-refractivity contribution in [2.24, 2.45) is 5.92 Å². The van der Waals surface area contributed by atoms with Crippen LogP contribution in [0.25, 0.3) is 10.9 Å². The fraction of sp³-hybridized carbons (Fsp3) is 0.389. The van der Waals surface area contributed by atoms with Crippen LogP contribution in [0.4, 0.5) is 0 Å². The molecule has 1 aromatic heterocycles. The number of benzene rings is 1. The Morgan fingerprint density at radius 3 is 2.86 bits per heavy atom. The minimum Gasteiger partial charge on any atom is -0.350 e. The number of aromatic nitrogens is 1. The number of para-hydroxylation sites is 1. The van der Waals surface area contributed by atoms with Gasteiger partial charge in [-0.2, -0.15) is 0 Å². The summed E-state index contributed by atoms with van der Waals surface area (Å²) in [6.07, 6.45) is 5.10. The summed E-state index contributed by atoms with van der Waals surface area (Å²) in [5.74, 6) is 0.550. The van der Waals surface area contributed by atoms with Crippen molar-refractivity contribution in [2.45, 2.75) is 33.2 Å². The van der Waals surface area contributed by atoms with E-state index in [9.17, 15) is 4.79 Å². The topological polar surface area (TPSA) is 36.1 Å². The number of rotatable bonds is 3. The van der Waals surface area contributed by atoms with Crippen LogP contribution >= 0.6 is 0 Å². The molecule has 3 rings (SSSR count). The van der Waals surface area contributed by atoms with Gasteiger partial charge in [0.25, 0.3) is 5.91 Å². The lowest BCUT2D eigenvalue weighted by atomic mass is 10.0. The summed E-state index contributed by atoms with van der Waals surface area (Å²) in [5.41, 5.74) is 2.93. The van der Waals surface area contributed by atoms with Gasteiger partial charge in [0.05, 0.1) is 6.04 Å². The highest BCUT2D eigenvalue weighted by molar-refractivity contribution is 6.01. The Balaban J connectivity index is 2.02. The molecule has 1 N–H and O–H groups in total. The Morgan fingerprint density at radius 1 is 1.38 bits per heavy atom. The standard InChI is InChI=1S/C18H22N2O/c1-4-13-14-8-5-6-9-15(14)19-17(13)18(21)20-11-7-10-16(20)12(2)3/h5-10,12,16,19H,4,11H2,1-3H3/t16-/m1/s1. The Hall–Kier alpha value is -2.03. The molecule has 0 fully saturated rings. The van der Waals surface area contributed by atoms with Gasteiger partial charge >= 0.3 is 0 Å². The third kappa shape index (κ3) is 2.27. The van der Waals surface area contributed by atoms with E-state index in [4.69, 9.17) is 0 Å². The average Bonchev–Trinajstić information content (AvgIpc) is 3.10. The summed E-state index contributed by atoms with van der Waals surface area (Å²) in [6.45, 7) is 7.13. The molecular formula is C18H22N2O. The zero-order valence-corrected chi connectivity index (χ0v) is 12.9. The molecule has 3 nitrogen and oxygen atoms in total. The van der Waals surface area contributed by atoms with Crippen LogP contribution in [0.5, 0.6) is 0 Å². The van der Waals surface area contributed by atoms with E-state index in [0.717, 1.165) is 28.6 Å². The first-order valence-corrected chi connectivity index (χ1v) is 7.70. The van der Waals surface area contributed by atoms with E-state index in [-0.39, 0.29) is 11.9 Å². The third-order valence-electron chi connectivity index (χ3n) is 4.32. The molecule has 0 saturated heterocycles. The van der Waals surface area contributed by atoms with Gasteiger partial charge in [-0.3, -0.25) is 4.79 Å². The van der Waals surface area contributed by atoms with Crippen molar-refractivity contribution in [3.63, 3.8) is 0 Å². The summed E-state index contributed by atoms with van der Waals surface area (Å²) < 4.78 is 0. The van der Waals surface area contributed by atoms with Crippen LogP contribution in [-0.4, -0.2) is 28.4 Å². The molecule has 0 spiro atoms. The lowest BCUT2D eigenvalue weighted by Crippen LogP contribution is -2.39. The fourth-order valence-corrected chi connectivity index (χ4v) is 3.23. The van der Waals surface area contributed by atoms with Gasteiger partial charge in [0.2, 0.25) is 0 Å². The van der Waals surface area contributed by atoms with Crippen LogP contribution in [0, 0.1) is 5.92 Å². The van der Waals surface area contributed by atoms with Crippen molar-refractivity contribution in [3.05, 3.63) is 47.7 Å². The smallest absolute Gasteiger partial charge is 0.271 e. The molecule has 110 valence electrons. The maximum Gasteiger partial charge on any atom is 0.271 e. The zero-order chi connectivity index (χ0) is 15.0. The second-order valence-electron chi connectivity index (χ2n) is 6.00. The highest BCUT2D eigenvalue weighted by Crippen LogP contribution is 2.27. The summed E-state index contributed by atoms with van der Waals surface area (Å²) in [7, 11) is 0. The van der Waals surface area contributed by atoms with E-state index in [0.29, 0.717) is 12.5 Å². The molecular weight excluding hydrogens is 260 g/mol. The van der Waals surface area contributed by atoms with Crippen LogP contribution in [-0.2, 0) is 6.42 Å². The van der Waals surface area contributed by atoms with E-state index in [1.54, 1.807) is 0 Å². The highest BCUT2D eigenvalue weighted by atomic mass is 16.2. The van der Waals surface area contributed by atoms with E-state index in [2.05, 4.69) is 44.0 Å². The lowest BCUT2D eigenvalue weighted by Gasteiger charge is -2.27. The van der Waals surface area contributed by atoms with E-state index in [1.165, 1.54) is 0 Å². The monoisotopic (exact) mass is 282 g/mol. The van der Waals surface area contributed by atoms with Gasteiger partial charge < -0.3 is 9.88 Å². The summed E-state index contributed by atoms with van der Waals surface area (Å²) in [4.78, 5) is 18.3. The van der Waals surface area contributed by atoms with Crippen LogP contribution in [0.3, 0.4) is 0 Å². The van der Waals surface area contributed by atoms with Crippen molar-refractivity contribution in [1.82, 2.24) is 9.88 Å². The van der Waals surface area contributed by atoms with Gasteiger partial charge in [-0.15, -0.1) is 0 Å². The number of aromatic amines is 1. The Morgan fingerprint density at radius 2 is 2.14 bits per heavy atom. The summed E-state index contributed by atoms with van der Waals surface area (Å²) >= 11 is 0. The van der Waals surface area contributed by atoms with Gasteiger partial charge in [0.15, 0.2) is 0 Å². The number of nitrogens with zero attached hydrogens (tertiary/aromatic N) is 1. The molecule has 0 bridgehead atoms. The number of hydrogen-bond donors (Lipinski definition) is 1. The molecule has 1 atom stereocenters. The van der Waals surface area contributed by atoms with Crippen LogP contribution in [0.1, 0.15) is 36.8 Å². The molecule has 1 aliphatic heterocycles. The highest BCUT2D eigenvalue weighted by Gasteiger charge is 2.30. The lowest BCUT2D eigenvalue weighted by molar-refractivity contribution is 0.0714. The number of nitrogens with one attached hydrogen (secondary N) is 1. The van der Waals surface area contributed by atoms with Crippen molar-refractivity contribution in [2.75, 3.05) is 6.54 Å². The second-order valence-corrected chi connectivity index (χ2v) is 6.00. The number of aryl methyl sites for hydroxylation is 1. The molecule has 0 aliphatic carbocycles. The maximum atomic E-state index is 13.0. The first kappa shape index (κ1) is 13.9. The van der Waals surface area contributed by atoms with E-state index >= 15 is 0 Å². The number of hydrogen-bond acceptors (Lipinski definition) is 1. The number of H-pyrrole nitrogens is 1. The number of carbonyl (C=O) groups is 1. The van der Waals surface area contributed by atoms with Gasteiger partial charge in [-0.1, -0.05) is 51.1 Å². The molecule has 1 aliphatic rings. The first-order chi connectivity index (χ1) is 10.1.